The molecule has 0 spiro atoms. The van der Waals surface area contributed by atoms with Gasteiger partial charge in [0.05, 0.1) is 11.7 Å². The van der Waals surface area contributed by atoms with Crippen LogP contribution in [-0.2, 0) is 6.54 Å². The second-order valence-corrected chi connectivity index (χ2v) is 6.94. The van der Waals surface area contributed by atoms with Gasteiger partial charge in [-0.25, -0.2) is 0 Å². The number of hydrogen-bond acceptors (Lipinski definition) is 2. The van der Waals surface area contributed by atoms with E-state index in [0.717, 1.165) is 19.0 Å². The van der Waals surface area contributed by atoms with Crippen molar-refractivity contribution in [3.05, 3.63) is 18.0 Å². The van der Waals surface area contributed by atoms with Crippen LogP contribution < -0.4 is 5.32 Å². The lowest BCUT2D eigenvalue weighted by Gasteiger charge is -2.26. The minimum atomic E-state index is 0.343. The smallest absolute Gasteiger partial charge is 0.0762 e. The van der Waals surface area contributed by atoms with E-state index in [1.165, 1.54) is 57.1 Å². The van der Waals surface area contributed by atoms with E-state index in [1.54, 1.807) is 0 Å². The highest BCUT2D eigenvalue weighted by Crippen LogP contribution is 2.38. The molecule has 1 aromatic heterocycles. The Kier molecular flexibility index (Phi) is 4.67. The fraction of sp³-hybridized carbons (Fsp3) is 0.812. The first kappa shape index (κ1) is 14.4. The van der Waals surface area contributed by atoms with Gasteiger partial charge in [-0.3, -0.25) is 4.68 Å². The zero-order chi connectivity index (χ0) is 13.8. The van der Waals surface area contributed by atoms with Crippen molar-refractivity contribution in [3.8, 4) is 0 Å². The van der Waals surface area contributed by atoms with Gasteiger partial charge in [0.2, 0.25) is 0 Å². The number of rotatable bonds is 6. The SMILES string of the molecule is ClCC1(CNCc2ccn(C3CCCC3)n2)CCCC1. The first-order valence-corrected chi connectivity index (χ1v) is 8.66. The molecule has 3 rings (SSSR count). The third-order valence-electron chi connectivity index (χ3n) is 5.12. The zero-order valence-electron chi connectivity index (χ0n) is 12.3. The monoisotopic (exact) mass is 295 g/mol. The van der Waals surface area contributed by atoms with Crippen molar-refractivity contribution >= 4 is 11.6 Å². The van der Waals surface area contributed by atoms with Gasteiger partial charge in [0.25, 0.3) is 0 Å². The third kappa shape index (κ3) is 3.20. The molecule has 2 aliphatic carbocycles. The number of halogens is 1. The Hall–Kier alpha value is -0.540. The molecule has 3 nitrogen and oxygen atoms in total. The van der Waals surface area contributed by atoms with Gasteiger partial charge >= 0.3 is 0 Å². The van der Waals surface area contributed by atoms with E-state index in [1.807, 2.05) is 0 Å². The second-order valence-electron chi connectivity index (χ2n) is 6.67. The minimum absolute atomic E-state index is 0.343. The van der Waals surface area contributed by atoms with Crippen molar-refractivity contribution in [1.29, 1.82) is 0 Å². The van der Waals surface area contributed by atoms with Crippen LogP contribution in [0.5, 0.6) is 0 Å². The largest absolute Gasteiger partial charge is 0.311 e. The summed E-state index contributed by atoms with van der Waals surface area (Å²) in [6, 6.07) is 2.81. The molecule has 2 aliphatic rings. The van der Waals surface area contributed by atoms with Crippen molar-refractivity contribution in [3.63, 3.8) is 0 Å². The maximum absolute atomic E-state index is 6.18. The Bertz CT molecular complexity index is 417. The van der Waals surface area contributed by atoms with Gasteiger partial charge in [0.15, 0.2) is 0 Å². The molecule has 1 heterocycles. The van der Waals surface area contributed by atoms with Crippen molar-refractivity contribution in [2.75, 3.05) is 12.4 Å². The number of nitrogens with zero attached hydrogens (tertiary/aromatic N) is 2. The number of alkyl halides is 1. The summed E-state index contributed by atoms with van der Waals surface area (Å²) in [7, 11) is 0. The summed E-state index contributed by atoms with van der Waals surface area (Å²) < 4.78 is 2.18. The molecule has 20 heavy (non-hydrogen) atoms. The van der Waals surface area contributed by atoms with Crippen LogP contribution in [0.2, 0.25) is 0 Å². The van der Waals surface area contributed by atoms with Gasteiger partial charge in [-0.1, -0.05) is 25.7 Å². The van der Waals surface area contributed by atoms with Crippen molar-refractivity contribution in [2.24, 2.45) is 5.41 Å². The van der Waals surface area contributed by atoms with E-state index in [4.69, 9.17) is 16.7 Å². The normalized spacial score (nSPS) is 22.6. The summed E-state index contributed by atoms with van der Waals surface area (Å²) in [5, 5.41) is 8.31. The van der Waals surface area contributed by atoms with E-state index in [-0.39, 0.29) is 0 Å². The Balaban J connectivity index is 1.48. The van der Waals surface area contributed by atoms with Crippen molar-refractivity contribution in [2.45, 2.75) is 64.0 Å². The third-order valence-corrected chi connectivity index (χ3v) is 5.68. The molecular weight excluding hydrogens is 270 g/mol. The van der Waals surface area contributed by atoms with Gasteiger partial charge in [0.1, 0.15) is 0 Å². The van der Waals surface area contributed by atoms with Crippen LogP contribution in [0, 0.1) is 5.41 Å². The maximum atomic E-state index is 6.18. The van der Waals surface area contributed by atoms with E-state index >= 15 is 0 Å². The maximum Gasteiger partial charge on any atom is 0.0762 e. The lowest BCUT2D eigenvalue weighted by Crippen LogP contribution is -2.33. The van der Waals surface area contributed by atoms with Gasteiger partial charge in [-0.2, -0.15) is 5.10 Å². The lowest BCUT2D eigenvalue weighted by atomic mass is 9.88. The first-order valence-electron chi connectivity index (χ1n) is 8.12. The van der Waals surface area contributed by atoms with Crippen molar-refractivity contribution < 1.29 is 0 Å². The lowest BCUT2D eigenvalue weighted by molar-refractivity contribution is 0.319. The fourth-order valence-corrected chi connectivity index (χ4v) is 4.14. The van der Waals surface area contributed by atoms with Crippen LogP contribution in [0.1, 0.15) is 63.1 Å². The number of nitrogens with one attached hydrogen (secondary N) is 1. The number of hydrogen-bond donors (Lipinski definition) is 1. The Labute approximate surface area is 127 Å². The molecule has 1 aromatic rings. The molecular formula is C16H26ClN3. The predicted molar refractivity (Wildman–Crippen MR) is 83.1 cm³/mol. The summed E-state index contributed by atoms with van der Waals surface area (Å²) in [6.45, 7) is 1.91. The summed E-state index contributed by atoms with van der Waals surface area (Å²) >= 11 is 6.18. The van der Waals surface area contributed by atoms with Crippen LogP contribution in [0.25, 0.3) is 0 Å². The Morgan fingerprint density at radius 2 is 2.00 bits per heavy atom. The summed E-state index contributed by atoms with van der Waals surface area (Å²) in [4.78, 5) is 0. The highest BCUT2D eigenvalue weighted by molar-refractivity contribution is 6.18. The molecule has 0 aromatic carbocycles. The summed E-state index contributed by atoms with van der Waals surface area (Å²) in [5.74, 6) is 0.788. The van der Waals surface area contributed by atoms with E-state index in [0.29, 0.717) is 11.5 Å². The van der Waals surface area contributed by atoms with Crippen LogP contribution >= 0.6 is 11.6 Å². The molecule has 0 bridgehead atoms. The minimum Gasteiger partial charge on any atom is -0.311 e. The molecule has 0 saturated heterocycles. The molecule has 1 N–H and O–H groups in total. The van der Waals surface area contributed by atoms with Gasteiger partial charge in [-0.05, 0) is 37.2 Å². The van der Waals surface area contributed by atoms with Crippen molar-refractivity contribution in [1.82, 2.24) is 15.1 Å². The predicted octanol–water partition coefficient (Wildman–Crippen LogP) is 3.89. The Morgan fingerprint density at radius 1 is 1.25 bits per heavy atom. The van der Waals surface area contributed by atoms with E-state index in [9.17, 15) is 0 Å². The average molecular weight is 296 g/mol. The molecule has 4 heteroatoms. The standard InChI is InChI=1S/C16H26ClN3/c17-12-16(8-3-4-9-16)13-18-11-14-7-10-20(19-14)15-5-1-2-6-15/h7,10,15,18H,1-6,8-9,11-13H2. The first-order chi connectivity index (χ1) is 9.81. The van der Waals surface area contributed by atoms with Gasteiger partial charge in [-0.15, -0.1) is 11.6 Å². The molecule has 0 amide bonds. The zero-order valence-corrected chi connectivity index (χ0v) is 13.0. The van der Waals surface area contributed by atoms with Gasteiger partial charge in [0, 0.05) is 25.2 Å². The van der Waals surface area contributed by atoms with E-state index < -0.39 is 0 Å². The topological polar surface area (TPSA) is 29.9 Å². The van der Waals surface area contributed by atoms with Crippen LogP contribution in [0.4, 0.5) is 0 Å². The highest BCUT2D eigenvalue weighted by atomic mass is 35.5. The highest BCUT2D eigenvalue weighted by Gasteiger charge is 2.32. The van der Waals surface area contributed by atoms with Gasteiger partial charge < -0.3 is 5.32 Å². The van der Waals surface area contributed by atoms with Crippen LogP contribution in [-0.4, -0.2) is 22.2 Å². The second kappa shape index (κ2) is 6.48. The van der Waals surface area contributed by atoms with E-state index in [2.05, 4.69) is 22.3 Å². The summed E-state index contributed by atoms with van der Waals surface area (Å²) in [6.07, 6.45) is 12.7. The fourth-order valence-electron chi connectivity index (χ4n) is 3.78. The molecule has 2 fully saturated rings. The van der Waals surface area contributed by atoms with Crippen LogP contribution in [0.3, 0.4) is 0 Å². The molecule has 0 aliphatic heterocycles. The molecule has 0 atom stereocenters. The summed E-state index contributed by atoms with van der Waals surface area (Å²) in [5.41, 5.74) is 1.51. The quantitative estimate of drug-likeness (QED) is 0.807. The molecule has 2 saturated carbocycles. The molecule has 112 valence electrons. The van der Waals surface area contributed by atoms with Crippen LogP contribution in [0.15, 0.2) is 12.3 Å². The molecule has 0 unspecified atom stereocenters. The number of aromatic nitrogens is 2. The Morgan fingerprint density at radius 3 is 2.70 bits per heavy atom. The average Bonchev–Trinajstić information content (AvgIpc) is 3.21. The molecule has 0 radical (unpaired) electrons.